The Bertz CT molecular complexity index is 664. The molecule has 0 radical (unpaired) electrons. The number of aliphatic hydroxyl groups is 1. The Morgan fingerprint density at radius 2 is 2.07 bits per heavy atom. The Hall–Kier alpha value is -1.51. The van der Waals surface area contributed by atoms with Crippen molar-refractivity contribution in [3.8, 4) is 5.75 Å². The van der Waals surface area contributed by atoms with E-state index in [-0.39, 0.29) is 25.7 Å². The minimum atomic E-state index is -2.24. The SMILES string of the molecule is C.CCS(=O)C[C@H](N)[C@](O)(Cc1cc(OC2CCC(C)CC2)ccn1)C(=O)O. The molecule has 1 aliphatic carbocycles. The highest BCUT2D eigenvalue weighted by Gasteiger charge is 2.43. The van der Waals surface area contributed by atoms with E-state index in [4.69, 9.17) is 10.5 Å². The number of rotatable bonds is 9. The molecule has 1 aromatic rings. The van der Waals surface area contributed by atoms with Gasteiger partial charge in [0, 0.05) is 46.7 Å². The molecule has 0 bridgehead atoms. The smallest absolute Gasteiger partial charge is 0.337 e. The molecule has 7 nitrogen and oxygen atoms in total. The molecule has 0 aliphatic heterocycles. The van der Waals surface area contributed by atoms with E-state index < -0.39 is 28.4 Å². The molecule has 0 saturated heterocycles. The lowest BCUT2D eigenvalue weighted by atomic mass is 9.89. The maximum absolute atomic E-state index is 11.7. The van der Waals surface area contributed by atoms with Crippen LogP contribution in [0.25, 0.3) is 0 Å². The van der Waals surface area contributed by atoms with Gasteiger partial charge in [-0.25, -0.2) is 4.79 Å². The topological polar surface area (TPSA) is 123 Å². The Labute approximate surface area is 170 Å². The molecule has 0 aromatic carbocycles. The summed E-state index contributed by atoms with van der Waals surface area (Å²) >= 11 is 0. The van der Waals surface area contributed by atoms with Crippen LogP contribution in [0.15, 0.2) is 18.3 Å². The summed E-state index contributed by atoms with van der Waals surface area (Å²) in [6, 6.07) is 2.21. The van der Waals surface area contributed by atoms with Gasteiger partial charge in [-0.1, -0.05) is 21.3 Å². The molecule has 8 heteroatoms. The number of hydrogen-bond donors (Lipinski definition) is 3. The van der Waals surface area contributed by atoms with Gasteiger partial charge in [0.15, 0.2) is 5.60 Å². The van der Waals surface area contributed by atoms with Gasteiger partial charge in [0.05, 0.1) is 12.1 Å². The van der Waals surface area contributed by atoms with Crippen molar-refractivity contribution in [2.24, 2.45) is 11.7 Å². The van der Waals surface area contributed by atoms with Crippen LogP contribution < -0.4 is 10.5 Å². The third-order valence-corrected chi connectivity index (χ3v) is 6.55. The number of carbonyl (C=O) groups is 1. The molecule has 1 unspecified atom stereocenters. The van der Waals surface area contributed by atoms with E-state index in [9.17, 15) is 19.2 Å². The number of pyridine rings is 1. The van der Waals surface area contributed by atoms with Gasteiger partial charge in [-0.15, -0.1) is 0 Å². The molecule has 160 valence electrons. The lowest BCUT2D eigenvalue weighted by Gasteiger charge is -2.29. The minimum absolute atomic E-state index is 0. The Morgan fingerprint density at radius 3 is 2.64 bits per heavy atom. The standard InChI is InChI=1S/C19H30N2O5S.CH4/c1-3-27(25)12-17(20)19(24,18(22)23)11-14-10-16(8-9-21-14)26-15-6-4-13(2)5-7-15;/h8-10,13,15,17,24H,3-7,11-12,20H2,1-2H3,(H,22,23);1H4/t13?,15?,17-,19+,27?;/m0./s1. The van der Waals surface area contributed by atoms with Crippen molar-refractivity contribution in [2.45, 2.75) is 71.1 Å². The molecule has 0 amide bonds. The molecule has 0 spiro atoms. The van der Waals surface area contributed by atoms with Crippen molar-refractivity contribution < 1.29 is 24.0 Å². The van der Waals surface area contributed by atoms with Gasteiger partial charge in [-0.3, -0.25) is 9.19 Å². The summed E-state index contributed by atoms with van der Waals surface area (Å²) in [7, 11) is -1.28. The van der Waals surface area contributed by atoms with Crippen LogP contribution in [0, 0.1) is 5.92 Å². The van der Waals surface area contributed by atoms with Crippen LogP contribution in [0.1, 0.15) is 52.7 Å². The largest absolute Gasteiger partial charge is 0.490 e. The van der Waals surface area contributed by atoms with Crippen molar-refractivity contribution in [1.29, 1.82) is 0 Å². The molecule has 1 heterocycles. The van der Waals surface area contributed by atoms with Crippen molar-refractivity contribution in [1.82, 2.24) is 4.98 Å². The van der Waals surface area contributed by atoms with Crippen molar-refractivity contribution in [3.05, 3.63) is 24.0 Å². The van der Waals surface area contributed by atoms with Crippen LogP contribution >= 0.6 is 0 Å². The van der Waals surface area contributed by atoms with Crippen LogP contribution in [0.4, 0.5) is 0 Å². The number of carboxylic acid groups (broad SMARTS) is 1. The second-order valence-electron chi connectivity index (χ2n) is 7.39. The van der Waals surface area contributed by atoms with Gasteiger partial charge in [-0.05, 0) is 37.7 Å². The van der Waals surface area contributed by atoms with E-state index in [0.29, 0.717) is 17.2 Å². The Kier molecular flexibility index (Phi) is 9.53. The predicted molar refractivity (Wildman–Crippen MR) is 111 cm³/mol. The molecule has 1 aromatic heterocycles. The number of aromatic nitrogens is 1. The van der Waals surface area contributed by atoms with E-state index in [1.165, 1.54) is 6.20 Å². The maximum atomic E-state index is 11.7. The van der Waals surface area contributed by atoms with Crippen LogP contribution in [-0.4, -0.2) is 54.6 Å². The first-order valence-corrected chi connectivity index (χ1v) is 10.9. The number of nitrogens with zero attached hydrogens (tertiary/aromatic N) is 1. The Morgan fingerprint density at radius 1 is 1.43 bits per heavy atom. The molecular formula is C20H34N2O5S. The van der Waals surface area contributed by atoms with Crippen LogP contribution in [-0.2, 0) is 22.0 Å². The summed E-state index contributed by atoms with van der Waals surface area (Å²) in [5, 5.41) is 20.2. The quantitative estimate of drug-likeness (QED) is 0.565. The fourth-order valence-electron chi connectivity index (χ4n) is 3.26. The zero-order chi connectivity index (χ0) is 20.0. The first-order valence-electron chi connectivity index (χ1n) is 9.42. The van der Waals surface area contributed by atoms with Crippen LogP contribution in [0.2, 0.25) is 0 Å². The number of hydrogen-bond acceptors (Lipinski definition) is 6. The third-order valence-electron chi connectivity index (χ3n) is 5.18. The predicted octanol–water partition coefficient (Wildman–Crippen LogP) is 2.13. The molecule has 1 fully saturated rings. The summed E-state index contributed by atoms with van der Waals surface area (Å²) < 4.78 is 17.7. The average molecular weight is 415 g/mol. The van der Waals surface area contributed by atoms with E-state index in [0.717, 1.165) is 31.6 Å². The monoisotopic (exact) mass is 414 g/mol. The van der Waals surface area contributed by atoms with Gasteiger partial charge >= 0.3 is 5.97 Å². The summed E-state index contributed by atoms with van der Waals surface area (Å²) in [4.78, 5) is 15.8. The normalized spacial score (nSPS) is 23.7. The summed E-state index contributed by atoms with van der Waals surface area (Å²) in [6.07, 6.45) is 5.65. The summed E-state index contributed by atoms with van der Waals surface area (Å²) in [5.74, 6) is 0.148. The van der Waals surface area contributed by atoms with Gasteiger partial charge in [0.25, 0.3) is 0 Å². The molecule has 1 aliphatic rings. The second-order valence-corrected chi connectivity index (χ2v) is 9.18. The fraction of sp³-hybridized carbons (Fsp3) is 0.700. The summed E-state index contributed by atoms with van der Waals surface area (Å²) in [5.41, 5.74) is 4.03. The lowest BCUT2D eigenvalue weighted by Crippen LogP contribution is -2.58. The van der Waals surface area contributed by atoms with E-state index in [1.807, 2.05) is 0 Å². The number of carboxylic acids is 1. The van der Waals surface area contributed by atoms with E-state index >= 15 is 0 Å². The van der Waals surface area contributed by atoms with Gasteiger partial charge < -0.3 is 20.7 Å². The van der Waals surface area contributed by atoms with E-state index in [2.05, 4.69) is 11.9 Å². The number of nitrogens with two attached hydrogens (primary N) is 1. The van der Waals surface area contributed by atoms with Gasteiger partial charge in [-0.2, -0.15) is 0 Å². The molecule has 3 atom stereocenters. The first kappa shape index (κ1) is 24.5. The number of ether oxygens (including phenoxy) is 1. The molecule has 4 N–H and O–H groups in total. The molecule has 2 rings (SSSR count). The minimum Gasteiger partial charge on any atom is -0.490 e. The maximum Gasteiger partial charge on any atom is 0.337 e. The zero-order valence-corrected chi connectivity index (χ0v) is 16.8. The van der Waals surface area contributed by atoms with E-state index in [1.54, 1.807) is 19.1 Å². The fourth-order valence-corrected chi connectivity index (χ4v) is 4.18. The summed E-state index contributed by atoms with van der Waals surface area (Å²) in [6.45, 7) is 3.96. The lowest BCUT2D eigenvalue weighted by molar-refractivity contribution is -0.160. The highest BCUT2D eigenvalue weighted by atomic mass is 32.2. The highest BCUT2D eigenvalue weighted by molar-refractivity contribution is 7.85. The first-order chi connectivity index (χ1) is 12.7. The Balaban J connectivity index is 0.00000392. The third kappa shape index (κ3) is 6.53. The zero-order valence-electron chi connectivity index (χ0n) is 16.0. The van der Waals surface area contributed by atoms with Crippen molar-refractivity contribution in [2.75, 3.05) is 11.5 Å². The number of aliphatic carboxylic acids is 1. The molecular weight excluding hydrogens is 380 g/mol. The average Bonchev–Trinajstić information content (AvgIpc) is 2.63. The van der Waals surface area contributed by atoms with Crippen LogP contribution in [0.3, 0.4) is 0 Å². The van der Waals surface area contributed by atoms with Crippen molar-refractivity contribution in [3.63, 3.8) is 0 Å². The van der Waals surface area contributed by atoms with Crippen LogP contribution in [0.5, 0.6) is 5.75 Å². The second kappa shape index (κ2) is 10.9. The van der Waals surface area contributed by atoms with Crippen molar-refractivity contribution >= 4 is 16.8 Å². The van der Waals surface area contributed by atoms with Gasteiger partial charge in [0.1, 0.15) is 5.75 Å². The van der Waals surface area contributed by atoms with Gasteiger partial charge in [0.2, 0.25) is 0 Å². The highest BCUT2D eigenvalue weighted by Crippen LogP contribution is 2.28. The molecule has 28 heavy (non-hydrogen) atoms. The molecule has 1 saturated carbocycles.